The summed E-state index contributed by atoms with van der Waals surface area (Å²) in [4.78, 5) is 28.6. The lowest BCUT2D eigenvalue weighted by molar-refractivity contribution is 0.0732. The number of pyridine rings is 1. The molecule has 0 bridgehead atoms. The molecule has 1 amide bonds. The van der Waals surface area contributed by atoms with Crippen LogP contribution < -0.4 is 10.2 Å². The standard InChI is InChI=1S/C20H12Br3N3O3/c21-14-8-13(11-25-26-19(27)12-4-3-7-24-10-12)18(17(23)9-14)29-20(28)15-5-1-2-6-16(15)22/h1-11H,(H,26,27). The molecule has 1 aromatic heterocycles. The fourth-order valence-corrected chi connectivity index (χ4v) is 4.07. The topological polar surface area (TPSA) is 80.6 Å². The number of carbonyl (C=O) groups is 2. The van der Waals surface area contributed by atoms with Gasteiger partial charge in [-0.05, 0) is 68.3 Å². The molecule has 146 valence electrons. The van der Waals surface area contributed by atoms with E-state index in [1.165, 1.54) is 12.4 Å². The molecule has 0 aliphatic heterocycles. The molecule has 0 saturated heterocycles. The molecular weight excluding hydrogens is 570 g/mol. The van der Waals surface area contributed by atoms with Crippen molar-refractivity contribution in [3.63, 3.8) is 0 Å². The molecule has 29 heavy (non-hydrogen) atoms. The van der Waals surface area contributed by atoms with E-state index < -0.39 is 11.9 Å². The highest BCUT2D eigenvalue weighted by atomic mass is 79.9. The highest BCUT2D eigenvalue weighted by Crippen LogP contribution is 2.33. The highest BCUT2D eigenvalue weighted by Gasteiger charge is 2.17. The van der Waals surface area contributed by atoms with Crippen molar-refractivity contribution >= 4 is 65.9 Å². The first-order valence-corrected chi connectivity index (χ1v) is 10.5. The molecule has 3 aromatic rings. The first-order chi connectivity index (χ1) is 14.0. The number of esters is 1. The lowest BCUT2D eigenvalue weighted by Crippen LogP contribution is -2.18. The molecule has 0 spiro atoms. The van der Waals surface area contributed by atoms with Crippen LogP contribution in [0.3, 0.4) is 0 Å². The zero-order valence-electron chi connectivity index (χ0n) is 14.6. The Labute approximate surface area is 191 Å². The molecular formula is C20H12Br3N3O3. The number of hydrazone groups is 1. The monoisotopic (exact) mass is 579 g/mol. The van der Waals surface area contributed by atoms with Crippen molar-refractivity contribution in [2.24, 2.45) is 5.10 Å². The van der Waals surface area contributed by atoms with Crippen molar-refractivity contribution in [3.8, 4) is 5.75 Å². The van der Waals surface area contributed by atoms with E-state index in [2.05, 4.69) is 63.3 Å². The minimum Gasteiger partial charge on any atom is -0.421 e. The summed E-state index contributed by atoms with van der Waals surface area (Å²) in [7, 11) is 0. The van der Waals surface area contributed by atoms with E-state index >= 15 is 0 Å². The minimum atomic E-state index is -0.533. The van der Waals surface area contributed by atoms with Gasteiger partial charge in [0.25, 0.3) is 5.91 Å². The number of rotatable bonds is 5. The largest absolute Gasteiger partial charge is 0.421 e. The Hall–Kier alpha value is -2.36. The van der Waals surface area contributed by atoms with Crippen molar-refractivity contribution in [2.75, 3.05) is 0 Å². The quantitative estimate of drug-likeness (QED) is 0.191. The summed E-state index contributed by atoms with van der Waals surface area (Å²) in [6, 6.07) is 13.7. The Morgan fingerprint density at radius 1 is 1.03 bits per heavy atom. The van der Waals surface area contributed by atoms with Crippen molar-refractivity contribution in [1.29, 1.82) is 0 Å². The van der Waals surface area contributed by atoms with Gasteiger partial charge in [-0.1, -0.05) is 28.1 Å². The van der Waals surface area contributed by atoms with Crippen LogP contribution in [0.4, 0.5) is 0 Å². The summed E-state index contributed by atoms with van der Waals surface area (Å²) in [5, 5.41) is 3.96. The fraction of sp³-hybridized carbons (Fsp3) is 0. The van der Waals surface area contributed by atoms with E-state index in [-0.39, 0.29) is 5.75 Å². The lowest BCUT2D eigenvalue weighted by Gasteiger charge is -2.11. The number of nitrogens with one attached hydrogen (secondary N) is 1. The van der Waals surface area contributed by atoms with Crippen molar-refractivity contribution in [1.82, 2.24) is 10.4 Å². The summed E-state index contributed by atoms with van der Waals surface area (Å²) in [6.45, 7) is 0. The van der Waals surface area contributed by atoms with Crippen LogP contribution in [0.15, 0.2) is 79.4 Å². The second-order valence-electron chi connectivity index (χ2n) is 5.62. The molecule has 9 heteroatoms. The Balaban J connectivity index is 1.83. The van der Waals surface area contributed by atoms with Gasteiger partial charge in [-0.3, -0.25) is 9.78 Å². The number of carbonyl (C=O) groups excluding carboxylic acids is 2. The number of aromatic nitrogens is 1. The Kier molecular flexibility index (Phi) is 7.29. The van der Waals surface area contributed by atoms with E-state index in [1.807, 2.05) is 0 Å². The van der Waals surface area contributed by atoms with Crippen molar-refractivity contribution < 1.29 is 14.3 Å². The lowest BCUT2D eigenvalue weighted by atomic mass is 10.2. The third kappa shape index (κ3) is 5.59. The van der Waals surface area contributed by atoms with Gasteiger partial charge in [0.2, 0.25) is 0 Å². The second-order valence-corrected chi connectivity index (χ2v) is 8.24. The van der Waals surface area contributed by atoms with Crippen molar-refractivity contribution in [2.45, 2.75) is 0 Å². The summed E-state index contributed by atoms with van der Waals surface area (Å²) in [5.41, 5.74) is 3.66. The number of hydrogen-bond acceptors (Lipinski definition) is 5. The van der Waals surface area contributed by atoms with E-state index in [9.17, 15) is 9.59 Å². The van der Waals surface area contributed by atoms with Crippen LogP contribution in [0.2, 0.25) is 0 Å². The maximum absolute atomic E-state index is 12.6. The highest BCUT2D eigenvalue weighted by molar-refractivity contribution is 9.11. The Morgan fingerprint density at radius 3 is 2.55 bits per heavy atom. The molecule has 1 N–H and O–H groups in total. The van der Waals surface area contributed by atoms with Crippen LogP contribution >= 0.6 is 47.8 Å². The van der Waals surface area contributed by atoms with Gasteiger partial charge in [0.1, 0.15) is 0 Å². The first-order valence-electron chi connectivity index (χ1n) is 8.15. The van der Waals surface area contributed by atoms with Crippen molar-refractivity contribution in [3.05, 3.63) is 91.0 Å². The maximum atomic E-state index is 12.6. The minimum absolute atomic E-state index is 0.272. The van der Waals surface area contributed by atoms with Gasteiger partial charge in [0.15, 0.2) is 5.75 Å². The molecule has 0 radical (unpaired) electrons. The van der Waals surface area contributed by atoms with Crippen LogP contribution in [-0.4, -0.2) is 23.1 Å². The zero-order chi connectivity index (χ0) is 20.8. The summed E-state index contributed by atoms with van der Waals surface area (Å²) in [6.07, 6.45) is 4.41. The average molecular weight is 582 g/mol. The van der Waals surface area contributed by atoms with E-state index in [4.69, 9.17) is 4.74 Å². The van der Waals surface area contributed by atoms with E-state index in [1.54, 1.807) is 54.7 Å². The summed E-state index contributed by atoms with van der Waals surface area (Å²) >= 11 is 10.1. The molecule has 0 aliphatic carbocycles. The molecule has 0 unspecified atom stereocenters. The van der Waals surface area contributed by atoms with Gasteiger partial charge in [-0.25, -0.2) is 10.2 Å². The molecule has 0 aliphatic rings. The second kappa shape index (κ2) is 9.91. The fourth-order valence-electron chi connectivity index (χ4n) is 2.28. The Morgan fingerprint density at radius 2 is 1.83 bits per heavy atom. The summed E-state index contributed by atoms with van der Waals surface area (Å²) in [5.74, 6) is -0.668. The molecule has 1 heterocycles. The van der Waals surface area contributed by atoms with Gasteiger partial charge < -0.3 is 4.74 Å². The molecule has 0 saturated carbocycles. The third-order valence-electron chi connectivity index (χ3n) is 3.62. The number of hydrogen-bond donors (Lipinski definition) is 1. The van der Waals surface area contributed by atoms with Crippen LogP contribution in [-0.2, 0) is 0 Å². The van der Waals surface area contributed by atoms with Crippen LogP contribution in [0.25, 0.3) is 0 Å². The van der Waals surface area contributed by atoms with E-state index in [0.717, 1.165) is 4.47 Å². The number of nitrogens with zero attached hydrogens (tertiary/aromatic N) is 2. The SMILES string of the molecule is O=C(NN=Cc1cc(Br)cc(Br)c1OC(=O)c1ccccc1Br)c1cccnc1. The smallest absolute Gasteiger partial charge is 0.344 e. The number of ether oxygens (including phenoxy) is 1. The molecule has 0 fully saturated rings. The Bertz CT molecular complexity index is 1090. The van der Waals surface area contributed by atoms with Gasteiger partial charge in [-0.2, -0.15) is 5.10 Å². The van der Waals surface area contributed by atoms with Gasteiger partial charge in [-0.15, -0.1) is 0 Å². The summed E-state index contributed by atoms with van der Waals surface area (Å²) < 4.78 is 7.50. The van der Waals surface area contributed by atoms with Gasteiger partial charge in [0.05, 0.1) is 21.8 Å². The van der Waals surface area contributed by atoms with Crippen LogP contribution in [0.5, 0.6) is 5.75 Å². The predicted molar refractivity (Wildman–Crippen MR) is 120 cm³/mol. The van der Waals surface area contributed by atoms with Gasteiger partial charge in [0, 0.05) is 26.9 Å². The predicted octanol–water partition coefficient (Wildman–Crippen LogP) is 5.35. The average Bonchev–Trinajstić information content (AvgIpc) is 2.71. The van der Waals surface area contributed by atoms with Crippen LogP contribution in [0, 0.1) is 0 Å². The number of amides is 1. The zero-order valence-corrected chi connectivity index (χ0v) is 19.4. The van der Waals surface area contributed by atoms with E-state index in [0.29, 0.717) is 25.6 Å². The molecule has 2 aromatic carbocycles. The third-order valence-corrected chi connectivity index (χ3v) is 5.36. The maximum Gasteiger partial charge on any atom is 0.344 e. The number of halogens is 3. The first kappa shape index (κ1) is 21.4. The number of benzene rings is 2. The molecule has 0 atom stereocenters. The molecule has 6 nitrogen and oxygen atoms in total. The van der Waals surface area contributed by atoms with Crippen LogP contribution in [0.1, 0.15) is 26.3 Å². The van der Waals surface area contributed by atoms with Gasteiger partial charge >= 0.3 is 5.97 Å². The molecule has 3 rings (SSSR count). The normalized spacial score (nSPS) is 10.7.